The van der Waals surface area contributed by atoms with Crippen molar-refractivity contribution >= 4 is 44.3 Å². The first kappa shape index (κ1) is 41.8. The Morgan fingerprint density at radius 3 is 2.16 bits per heavy atom. The lowest BCUT2D eigenvalue weighted by atomic mass is 10.1. The molecule has 2 heterocycles. The zero-order valence-electron chi connectivity index (χ0n) is 33.2. The molecule has 15 heteroatoms. The van der Waals surface area contributed by atoms with Crippen molar-refractivity contribution in [3.8, 4) is 28.7 Å². The molecule has 304 valence electrons. The van der Waals surface area contributed by atoms with Gasteiger partial charge in [0.25, 0.3) is 11.1 Å². The number of carbonyl (C=O) groups is 1. The molecule has 4 aromatic carbocycles. The van der Waals surface area contributed by atoms with Gasteiger partial charge in [-0.2, -0.15) is 8.42 Å². The Labute approximate surface area is 343 Å². The van der Waals surface area contributed by atoms with E-state index in [0.717, 1.165) is 5.56 Å². The Morgan fingerprint density at radius 2 is 1.52 bits per heavy atom. The average Bonchev–Trinajstić information content (AvgIpc) is 3.64. The number of rotatable bonds is 11. The topological polar surface area (TPSA) is 151 Å². The predicted molar refractivity (Wildman–Crippen MR) is 221 cm³/mol. The number of hydrogen-bond donors (Lipinski definition) is 0. The molecule has 0 aliphatic carbocycles. The van der Waals surface area contributed by atoms with Crippen LogP contribution in [-0.4, -0.2) is 49.8 Å². The van der Waals surface area contributed by atoms with Crippen molar-refractivity contribution < 1.29 is 41.1 Å². The van der Waals surface area contributed by atoms with Crippen molar-refractivity contribution in [2.75, 3.05) is 13.9 Å². The van der Waals surface area contributed by atoms with Crippen LogP contribution < -0.4 is 44.9 Å². The number of benzene rings is 4. The van der Waals surface area contributed by atoms with Crippen molar-refractivity contribution in [1.82, 2.24) is 9.13 Å². The molecule has 0 atom stereocenters. The van der Waals surface area contributed by atoms with E-state index in [-0.39, 0.29) is 63.4 Å². The van der Waals surface area contributed by atoms with Gasteiger partial charge in [0, 0.05) is 21.2 Å². The van der Waals surface area contributed by atoms with E-state index >= 15 is 4.79 Å². The van der Waals surface area contributed by atoms with Gasteiger partial charge in [0.05, 0.1) is 25.9 Å². The second-order valence-corrected chi connectivity index (χ2v) is 16.5. The highest BCUT2D eigenvalue weighted by atomic mass is 79.9. The predicted octanol–water partition coefficient (Wildman–Crippen LogP) is 6.09. The molecular formula is C43H43BrN2O11S. The standard InChI is InChI=1S/C43H43BrN2O11S/c1-24(2)55-36-20-30(37(44)27(6)39(36)52-8)18-34-41(47)45(22-29-12-10-9-11-13-29)33(42(48)46(34)43(49)56-25(3)4)19-31-21-35-40(54-23-53-35)28(7)38(31)57-58(50,51)32-16-14-26(5)15-17-32/h9-21,24-25H,22-23H2,1-8H3/b33-19+,34-18+. The Bertz CT molecular complexity index is 2760. The van der Waals surface area contributed by atoms with E-state index < -0.39 is 33.4 Å². The third-order valence-corrected chi connectivity index (χ3v) is 11.4. The van der Waals surface area contributed by atoms with Crippen molar-refractivity contribution in [1.29, 1.82) is 0 Å². The summed E-state index contributed by atoms with van der Waals surface area (Å²) in [5.74, 6) is 1.16. The molecule has 0 saturated heterocycles. The third kappa shape index (κ3) is 8.55. The summed E-state index contributed by atoms with van der Waals surface area (Å²) in [6, 6.07) is 18.2. The maximum absolute atomic E-state index is 15.0. The normalized spacial score (nSPS) is 13.0. The van der Waals surface area contributed by atoms with Gasteiger partial charge in [0.15, 0.2) is 28.7 Å². The minimum absolute atomic E-state index is 0.0558. The third-order valence-electron chi connectivity index (χ3n) is 9.08. The van der Waals surface area contributed by atoms with Gasteiger partial charge in [0.1, 0.15) is 15.6 Å². The van der Waals surface area contributed by atoms with E-state index in [2.05, 4.69) is 15.9 Å². The van der Waals surface area contributed by atoms with Gasteiger partial charge < -0.3 is 27.9 Å². The smallest absolute Gasteiger partial charge is 0.421 e. The van der Waals surface area contributed by atoms with E-state index in [4.69, 9.17) is 27.9 Å². The second-order valence-electron chi connectivity index (χ2n) is 14.1. The summed E-state index contributed by atoms with van der Waals surface area (Å²) in [4.78, 5) is 43.9. The number of aromatic nitrogens is 2. The molecule has 1 aliphatic heterocycles. The quantitative estimate of drug-likeness (QED) is 0.142. The summed E-state index contributed by atoms with van der Waals surface area (Å²) in [6.07, 6.45) is 0.696. The van der Waals surface area contributed by atoms with Crippen molar-refractivity contribution in [3.05, 3.63) is 136 Å². The first-order valence-electron chi connectivity index (χ1n) is 18.3. The summed E-state index contributed by atoms with van der Waals surface area (Å²) in [5.41, 5.74) is 1.19. The zero-order chi connectivity index (χ0) is 42.1. The van der Waals surface area contributed by atoms with Crippen LogP contribution in [0.5, 0.6) is 28.7 Å². The number of carbonyl (C=O) groups excluding carboxylic acids is 1. The van der Waals surface area contributed by atoms with E-state index in [9.17, 15) is 18.0 Å². The Hall–Kier alpha value is -5.80. The Kier molecular flexibility index (Phi) is 12.2. The number of hydrogen-bond acceptors (Lipinski definition) is 11. The van der Waals surface area contributed by atoms with Crippen LogP contribution in [0.1, 0.15) is 61.1 Å². The molecule has 0 radical (unpaired) electrons. The summed E-state index contributed by atoms with van der Waals surface area (Å²) < 4.78 is 64.3. The van der Waals surface area contributed by atoms with E-state index in [0.29, 0.717) is 37.2 Å². The van der Waals surface area contributed by atoms with Gasteiger partial charge in [-0.3, -0.25) is 14.2 Å². The van der Waals surface area contributed by atoms with Crippen LogP contribution in [0.4, 0.5) is 4.79 Å². The van der Waals surface area contributed by atoms with Gasteiger partial charge in [-0.15, -0.1) is 0 Å². The van der Waals surface area contributed by atoms with E-state index in [1.165, 1.54) is 42.0 Å². The van der Waals surface area contributed by atoms with Crippen molar-refractivity contribution in [3.63, 3.8) is 0 Å². The fourth-order valence-corrected chi connectivity index (χ4v) is 7.78. The second kappa shape index (κ2) is 17.0. The maximum Gasteiger partial charge on any atom is 0.421 e. The maximum atomic E-state index is 15.0. The fourth-order valence-electron chi connectivity index (χ4n) is 6.37. The highest BCUT2D eigenvalue weighted by molar-refractivity contribution is 9.10. The largest absolute Gasteiger partial charge is 0.493 e. The summed E-state index contributed by atoms with van der Waals surface area (Å²) in [5, 5.41) is -0.596. The molecule has 0 amide bonds. The molecule has 0 spiro atoms. The average molecular weight is 876 g/mol. The number of nitrogens with zero attached hydrogens (tertiary/aromatic N) is 2. The molecule has 13 nitrogen and oxygen atoms in total. The summed E-state index contributed by atoms with van der Waals surface area (Å²) >= 11 is 3.62. The molecular weight excluding hydrogens is 832 g/mol. The van der Waals surface area contributed by atoms with Gasteiger partial charge in [-0.05, 0) is 112 Å². The van der Waals surface area contributed by atoms with Gasteiger partial charge in [-0.25, -0.2) is 9.36 Å². The molecule has 1 aliphatic rings. The molecule has 0 unspecified atom stereocenters. The molecule has 0 fully saturated rings. The van der Waals surface area contributed by atoms with Crippen molar-refractivity contribution in [2.45, 2.75) is 72.1 Å². The number of fused-ring (bicyclic) bond motifs is 1. The summed E-state index contributed by atoms with van der Waals surface area (Å²) in [6.45, 7) is 11.9. The first-order valence-corrected chi connectivity index (χ1v) is 20.5. The van der Waals surface area contributed by atoms with Gasteiger partial charge in [-0.1, -0.05) is 48.0 Å². The van der Waals surface area contributed by atoms with Crippen LogP contribution >= 0.6 is 15.9 Å². The van der Waals surface area contributed by atoms with Crippen LogP contribution in [0, 0.1) is 20.8 Å². The van der Waals surface area contributed by atoms with Crippen LogP contribution in [0.2, 0.25) is 0 Å². The Morgan fingerprint density at radius 1 is 0.845 bits per heavy atom. The SMILES string of the molecule is COc1c(OC(C)C)cc(/C=c2\c(=O)n(Cc3ccccc3)/c(=C/c3cc4c(c(C)c3OS(=O)(=O)c3ccc(C)cc3)OCO4)c(=O)n2C(=O)OC(C)C)c(Br)c1C. The minimum Gasteiger partial charge on any atom is -0.493 e. The lowest BCUT2D eigenvalue weighted by Crippen LogP contribution is -2.60. The minimum atomic E-state index is -4.43. The van der Waals surface area contributed by atoms with Crippen LogP contribution in [0.15, 0.2) is 85.7 Å². The number of methoxy groups -OCH3 is 1. The molecule has 1 aromatic heterocycles. The monoisotopic (exact) mass is 874 g/mol. The lowest BCUT2D eigenvalue weighted by molar-refractivity contribution is 0.115. The van der Waals surface area contributed by atoms with Crippen LogP contribution in [0.3, 0.4) is 0 Å². The molecule has 5 aromatic rings. The number of aryl methyl sites for hydroxylation is 1. The molecule has 58 heavy (non-hydrogen) atoms. The highest BCUT2D eigenvalue weighted by Crippen LogP contribution is 2.44. The Balaban J connectivity index is 1.73. The fraction of sp³-hybridized carbons (Fsp3) is 0.279. The van der Waals surface area contributed by atoms with E-state index in [1.54, 1.807) is 70.2 Å². The lowest BCUT2D eigenvalue weighted by Gasteiger charge is -2.18. The summed E-state index contributed by atoms with van der Waals surface area (Å²) in [7, 11) is -2.92. The number of halogens is 1. The molecule has 0 N–H and O–H groups in total. The highest BCUT2D eigenvalue weighted by Gasteiger charge is 2.28. The zero-order valence-corrected chi connectivity index (χ0v) is 35.6. The van der Waals surface area contributed by atoms with Crippen LogP contribution in [0.25, 0.3) is 12.2 Å². The molecule has 0 bridgehead atoms. The van der Waals surface area contributed by atoms with Gasteiger partial charge >= 0.3 is 16.2 Å². The van der Waals surface area contributed by atoms with E-state index in [1.807, 2.05) is 26.8 Å². The van der Waals surface area contributed by atoms with Gasteiger partial charge in [0.2, 0.25) is 6.79 Å². The number of ether oxygens (including phenoxy) is 5. The molecule has 6 rings (SSSR count). The first-order chi connectivity index (χ1) is 27.5. The van der Waals surface area contributed by atoms with Crippen LogP contribution in [-0.2, 0) is 21.4 Å². The molecule has 0 saturated carbocycles. The van der Waals surface area contributed by atoms with Crippen molar-refractivity contribution in [2.24, 2.45) is 0 Å².